The number of aliphatic carboxylic acids is 1. The standard InChI is InChI=1S/C17H30N2O4/c1-13(2)9-17(5-4-6-17)16(22)19-7-8-23-14(11-19)10-18(3)12-15(20)21/h13-14H,4-12H2,1-3H3,(H,20,21)/t14-/m1/s1. The normalized spacial score (nSPS) is 23.9. The molecule has 1 saturated heterocycles. The minimum atomic E-state index is -0.846. The Hall–Kier alpha value is -1.14. The van der Waals surface area contributed by atoms with Crippen LogP contribution in [0.3, 0.4) is 0 Å². The number of carboxylic acids is 1. The summed E-state index contributed by atoms with van der Waals surface area (Å²) in [5, 5.41) is 8.84. The maximum absolute atomic E-state index is 13.0. The van der Waals surface area contributed by atoms with Crippen LogP contribution in [0.2, 0.25) is 0 Å². The van der Waals surface area contributed by atoms with Crippen molar-refractivity contribution in [1.82, 2.24) is 9.80 Å². The SMILES string of the molecule is CC(C)CC1(C(=O)N2CCO[C@H](CN(C)CC(=O)O)C2)CCC1. The summed E-state index contributed by atoms with van der Waals surface area (Å²) >= 11 is 0. The summed E-state index contributed by atoms with van der Waals surface area (Å²) in [5.74, 6) is -0.0361. The number of likely N-dealkylation sites (N-methyl/N-ethyl adjacent to an activating group) is 1. The van der Waals surface area contributed by atoms with Crippen LogP contribution in [-0.2, 0) is 14.3 Å². The van der Waals surface area contributed by atoms with Gasteiger partial charge in [0.2, 0.25) is 5.91 Å². The van der Waals surface area contributed by atoms with Crippen molar-refractivity contribution < 1.29 is 19.4 Å². The van der Waals surface area contributed by atoms with Crippen molar-refractivity contribution >= 4 is 11.9 Å². The van der Waals surface area contributed by atoms with Gasteiger partial charge < -0.3 is 14.7 Å². The number of carbonyl (C=O) groups excluding carboxylic acids is 1. The summed E-state index contributed by atoms with van der Waals surface area (Å²) < 4.78 is 5.73. The zero-order valence-corrected chi connectivity index (χ0v) is 14.6. The first-order valence-electron chi connectivity index (χ1n) is 8.64. The maximum atomic E-state index is 13.0. The van der Waals surface area contributed by atoms with Crippen LogP contribution < -0.4 is 0 Å². The molecule has 6 nitrogen and oxygen atoms in total. The third-order valence-corrected chi connectivity index (χ3v) is 4.91. The number of ether oxygens (including phenoxy) is 1. The fourth-order valence-electron chi connectivity index (χ4n) is 3.88. The number of amides is 1. The second-order valence-corrected chi connectivity index (χ2v) is 7.57. The van der Waals surface area contributed by atoms with Crippen LogP contribution in [-0.4, -0.2) is 72.7 Å². The third kappa shape index (κ3) is 4.67. The molecule has 0 bridgehead atoms. The van der Waals surface area contributed by atoms with Crippen molar-refractivity contribution in [3.63, 3.8) is 0 Å². The smallest absolute Gasteiger partial charge is 0.317 e. The Morgan fingerprint density at radius 3 is 2.61 bits per heavy atom. The number of morpholine rings is 1. The van der Waals surface area contributed by atoms with Crippen molar-refractivity contribution in [3.8, 4) is 0 Å². The summed E-state index contributed by atoms with van der Waals surface area (Å²) in [6.07, 6.45) is 4.02. The van der Waals surface area contributed by atoms with Gasteiger partial charge in [0.25, 0.3) is 0 Å². The average molecular weight is 326 g/mol. The number of rotatable bonds is 7. The Kier molecular flexibility index (Phi) is 6.03. The predicted molar refractivity (Wildman–Crippen MR) is 87.2 cm³/mol. The Balaban J connectivity index is 1.92. The minimum Gasteiger partial charge on any atom is -0.480 e. The molecule has 0 spiro atoms. The van der Waals surface area contributed by atoms with Crippen LogP contribution in [0.15, 0.2) is 0 Å². The molecule has 0 aromatic carbocycles. The van der Waals surface area contributed by atoms with Crippen molar-refractivity contribution in [1.29, 1.82) is 0 Å². The predicted octanol–water partition coefficient (Wildman–Crippen LogP) is 1.45. The fraction of sp³-hybridized carbons (Fsp3) is 0.882. The Bertz CT molecular complexity index is 434. The van der Waals surface area contributed by atoms with E-state index in [1.807, 2.05) is 4.90 Å². The van der Waals surface area contributed by atoms with Crippen molar-refractivity contribution in [3.05, 3.63) is 0 Å². The summed E-state index contributed by atoms with van der Waals surface area (Å²) in [7, 11) is 1.77. The minimum absolute atomic E-state index is 0.00884. The third-order valence-electron chi connectivity index (χ3n) is 4.91. The number of hydrogen-bond donors (Lipinski definition) is 1. The van der Waals surface area contributed by atoms with Crippen molar-refractivity contribution in [2.24, 2.45) is 11.3 Å². The van der Waals surface area contributed by atoms with E-state index in [4.69, 9.17) is 9.84 Å². The molecule has 0 aromatic rings. The van der Waals surface area contributed by atoms with E-state index < -0.39 is 5.97 Å². The van der Waals surface area contributed by atoms with Gasteiger partial charge in [-0.1, -0.05) is 20.3 Å². The Morgan fingerprint density at radius 1 is 1.39 bits per heavy atom. The van der Waals surface area contributed by atoms with Crippen LogP contribution in [0, 0.1) is 11.3 Å². The number of carboxylic acid groups (broad SMARTS) is 1. The molecule has 132 valence electrons. The first-order chi connectivity index (χ1) is 10.8. The van der Waals surface area contributed by atoms with Gasteiger partial charge in [0.05, 0.1) is 19.3 Å². The molecule has 1 heterocycles. The van der Waals surface area contributed by atoms with E-state index in [2.05, 4.69) is 13.8 Å². The molecular weight excluding hydrogens is 296 g/mol. The molecule has 1 N–H and O–H groups in total. The lowest BCUT2D eigenvalue weighted by Crippen LogP contribution is -2.55. The number of hydrogen-bond acceptors (Lipinski definition) is 4. The van der Waals surface area contributed by atoms with E-state index in [0.717, 1.165) is 25.7 Å². The van der Waals surface area contributed by atoms with Gasteiger partial charge >= 0.3 is 5.97 Å². The quantitative estimate of drug-likeness (QED) is 0.767. The monoisotopic (exact) mass is 326 g/mol. The molecule has 23 heavy (non-hydrogen) atoms. The molecule has 1 aliphatic carbocycles. The molecular formula is C17H30N2O4. The zero-order valence-electron chi connectivity index (χ0n) is 14.6. The Morgan fingerprint density at radius 2 is 2.09 bits per heavy atom. The highest BCUT2D eigenvalue weighted by Gasteiger charge is 2.47. The molecule has 2 aliphatic rings. The molecule has 2 fully saturated rings. The second-order valence-electron chi connectivity index (χ2n) is 7.57. The van der Waals surface area contributed by atoms with E-state index in [9.17, 15) is 9.59 Å². The van der Waals surface area contributed by atoms with E-state index in [0.29, 0.717) is 32.2 Å². The number of carbonyl (C=O) groups is 2. The summed E-state index contributed by atoms with van der Waals surface area (Å²) in [5.41, 5.74) is -0.150. The Labute approximate surface area is 138 Å². The molecule has 0 unspecified atom stereocenters. The average Bonchev–Trinajstić information content (AvgIpc) is 2.41. The van der Waals surface area contributed by atoms with Gasteiger partial charge in [0, 0.05) is 25.0 Å². The van der Waals surface area contributed by atoms with E-state index in [1.165, 1.54) is 0 Å². The van der Waals surface area contributed by atoms with Crippen LogP contribution in [0.25, 0.3) is 0 Å². The van der Waals surface area contributed by atoms with Crippen LogP contribution in [0.5, 0.6) is 0 Å². The first-order valence-corrected chi connectivity index (χ1v) is 8.64. The van der Waals surface area contributed by atoms with E-state index in [1.54, 1.807) is 11.9 Å². The van der Waals surface area contributed by atoms with E-state index >= 15 is 0 Å². The van der Waals surface area contributed by atoms with Gasteiger partial charge in [0.15, 0.2) is 0 Å². The summed E-state index contributed by atoms with van der Waals surface area (Å²) in [6, 6.07) is 0. The van der Waals surface area contributed by atoms with Crippen molar-refractivity contribution in [2.75, 3.05) is 39.8 Å². The molecule has 0 radical (unpaired) electrons. The van der Waals surface area contributed by atoms with Gasteiger partial charge in [-0.15, -0.1) is 0 Å². The van der Waals surface area contributed by atoms with Gasteiger partial charge in [-0.05, 0) is 32.2 Å². The molecule has 1 saturated carbocycles. The van der Waals surface area contributed by atoms with Crippen LogP contribution in [0.1, 0.15) is 39.5 Å². The molecule has 2 rings (SSSR count). The first kappa shape index (κ1) is 18.2. The largest absolute Gasteiger partial charge is 0.480 e. The highest BCUT2D eigenvalue weighted by Crippen LogP contribution is 2.47. The van der Waals surface area contributed by atoms with Gasteiger partial charge in [-0.25, -0.2) is 0 Å². The van der Waals surface area contributed by atoms with Gasteiger partial charge in [0.1, 0.15) is 0 Å². The topological polar surface area (TPSA) is 70.1 Å². The van der Waals surface area contributed by atoms with Crippen molar-refractivity contribution in [2.45, 2.75) is 45.6 Å². The van der Waals surface area contributed by atoms with Gasteiger partial charge in [-0.3, -0.25) is 14.5 Å². The zero-order chi connectivity index (χ0) is 17.0. The lowest BCUT2D eigenvalue weighted by Gasteiger charge is -2.46. The number of nitrogens with zero attached hydrogens (tertiary/aromatic N) is 2. The summed E-state index contributed by atoms with van der Waals surface area (Å²) in [4.78, 5) is 27.4. The molecule has 1 atom stereocenters. The highest BCUT2D eigenvalue weighted by atomic mass is 16.5. The lowest BCUT2D eigenvalue weighted by molar-refractivity contribution is -0.157. The fourth-order valence-corrected chi connectivity index (χ4v) is 3.88. The van der Waals surface area contributed by atoms with Gasteiger partial charge in [-0.2, -0.15) is 0 Å². The van der Waals surface area contributed by atoms with E-state index in [-0.39, 0.29) is 24.0 Å². The molecule has 1 aliphatic heterocycles. The maximum Gasteiger partial charge on any atom is 0.317 e. The van der Waals surface area contributed by atoms with Crippen LogP contribution in [0.4, 0.5) is 0 Å². The second kappa shape index (κ2) is 7.62. The lowest BCUT2D eigenvalue weighted by atomic mass is 9.63. The van der Waals surface area contributed by atoms with Crippen LogP contribution >= 0.6 is 0 Å². The summed E-state index contributed by atoms with van der Waals surface area (Å²) in [6.45, 7) is 6.64. The molecule has 1 amide bonds. The molecule has 0 aromatic heterocycles. The highest BCUT2D eigenvalue weighted by molar-refractivity contribution is 5.83. The molecule has 6 heteroatoms.